The second kappa shape index (κ2) is 13.1. The Labute approximate surface area is 231 Å². The van der Waals surface area contributed by atoms with E-state index in [4.69, 9.17) is 14.5 Å². The van der Waals surface area contributed by atoms with Gasteiger partial charge in [0.2, 0.25) is 5.88 Å². The molecule has 1 aliphatic rings. The molecule has 1 amide bonds. The molecule has 0 bridgehead atoms. The Hall–Kier alpha value is -3.70. The van der Waals surface area contributed by atoms with Crippen molar-refractivity contribution in [1.29, 1.82) is 0 Å². The maximum Gasteiger partial charge on any atom is 0.433 e. The van der Waals surface area contributed by atoms with Crippen LogP contribution in [0.15, 0.2) is 48.7 Å². The summed E-state index contributed by atoms with van der Waals surface area (Å²) >= 11 is 0. The van der Waals surface area contributed by atoms with E-state index >= 15 is 0 Å². The number of amides is 1. The number of aryl methyl sites for hydroxylation is 1. The van der Waals surface area contributed by atoms with Crippen LogP contribution >= 0.6 is 0 Å². The number of ether oxygens (including phenoxy) is 2. The van der Waals surface area contributed by atoms with Gasteiger partial charge in [-0.05, 0) is 80.3 Å². The van der Waals surface area contributed by atoms with Crippen molar-refractivity contribution in [2.75, 3.05) is 50.2 Å². The van der Waals surface area contributed by atoms with Gasteiger partial charge in [0.05, 0.1) is 6.61 Å². The van der Waals surface area contributed by atoms with Crippen molar-refractivity contribution in [3.63, 3.8) is 0 Å². The van der Waals surface area contributed by atoms with E-state index in [1.807, 2.05) is 32.0 Å². The number of carbonyl (C=O) groups excluding carboxylic acids is 1. The molecule has 11 heteroatoms. The van der Waals surface area contributed by atoms with E-state index in [1.165, 1.54) is 6.07 Å². The fraction of sp³-hybridized carbons (Fsp3) is 0.414. The monoisotopic (exact) mass is 557 g/mol. The molecule has 2 aromatic heterocycles. The van der Waals surface area contributed by atoms with Crippen LogP contribution in [-0.2, 0) is 10.9 Å². The predicted molar refractivity (Wildman–Crippen MR) is 148 cm³/mol. The van der Waals surface area contributed by atoms with Crippen molar-refractivity contribution in [2.45, 2.75) is 38.9 Å². The summed E-state index contributed by atoms with van der Waals surface area (Å²) in [6.45, 7) is 7.36. The van der Waals surface area contributed by atoms with Crippen LogP contribution in [0.25, 0.3) is 11.1 Å². The van der Waals surface area contributed by atoms with E-state index in [0.717, 1.165) is 54.2 Å². The third kappa shape index (κ3) is 7.48. The molecule has 40 heavy (non-hydrogen) atoms. The van der Waals surface area contributed by atoms with Gasteiger partial charge in [0, 0.05) is 49.8 Å². The average Bonchev–Trinajstić information content (AvgIpc) is 3.47. The van der Waals surface area contributed by atoms with Gasteiger partial charge in [-0.2, -0.15) is 18.2 Å². The molecule has 1 atom stereocenters. The van der Waals surface area contributed by atoms with Crippen LogP contribution in [0, 0.1) is 6.92 Å². The molecule has 3 aromatic rings. The Morgan fingerprint density at radius 2 is 2.02 bits per heavy atom. The highest BCUT2D eigenvalue weighted by Gasteiger charge is 2.33. The first kappa shape index (κ1) is 29.3. The number of nitrogens with zero attached hydrogens (tertiary/aromatic N) is 3. The summed E-state index contributed by atoms with van der Waals surface area (Å²) in [6.07, 6.45) is -1.51. The quantitative estimate of drug-likeness (QED) is 0.330. The zero-order valence-corrected chi connectivity index (χ0v) is 22.8. The number of nitrogens with one attached hydrogen (secondary N) is 2. The molecule has 1 saturated heterocycles. The van der Waals surface area contributed by atoms with Gasteiger partial charge in [0.15, 0.2) is 0 Å². The molecule has 0 saturated carbocycles. The smallest absolute Gasteiger partial charge is 0.433 e. The van der Waals surface area contributed by atoms with Crippen LogP contribution in [-0.4, -0.2) is 61.9 Å². The number of rotatable bonds is 11. The number of methoxy groups -OCH3 is 1. The number of aromatic nitrogens is 2. The van der Waals surface area contributed by atoms with Crippen LogP contribution in [0.1, 0.15) is 41.4 Å². The molecule has 0 radical (unpaired) electrons. The molecule has 0 aliphatic carbocycles. The molecule has 1 unspecified atom stereocenters. The second-order valence-electron chi connectivity index (χ2n) is 9.64. The Bertz CT molecular complexity index is 1310. The van der Waals surface area contributed by atoms with E-state index in [0.29, 0.717) is 37.9 Å². The number of halogens is 3. The van der Waals surface area contributed by atoms with Crippen molar-refractivity contribution in [3.8, 4) is 17.0 Å². The summed E-state index contributed by atoms with van der Waals surface area (Å²) in [5.74, 6) is 0.557. The van der Waals surface area contributed by atoms with Gasteiger partial charge in [-0.15, -0.1) is 0 Å². The normalized spacial score (nSPS) is 15.2. The topological polar surface area (TPSA) is 88.6 Å². The second-order valence-corrected chi connectivity index (χ2v) is 9.64. The minimum absolute atomic E-state index is 0.136. The number of pyridine rings is 2. The zero-order valence-electron chi connectivity index (χ0n) is 22.8. The molecular weight excluding hydrogens is 523 g/mol. The molecule has 4 rings (SSSR count). The van der Waals surface area contributed by atoms with E-state index < -0.39 is 17.8 Å². The van der Waals surface area contributed by atoms with Gasteiger partial charge in [0.1, 0.15) is 18.1 Å². The van der Waals surface area contributed by atoms with Crippen molar-refractivity contribution < 1.29 is 27.4 Å². The molecule has 1 fully saturated rings. The standard InChI is InChI=1S/C29H34F3N5O3/c1-4-37(12-13-39-3)26-15-21(16-27(36-26)40-18-23-6-5-10-33-23)24-17-22(8-7-19(24)2)35-28(38)20-9-11-34-25(14-20)29(30,31)32/h7-9,11,14-17,23,33H,4-6,10,12-13,18H2,1-3H3,(H,35,38). The van der Waals surface area contributed by atoms with Gasteiger partial charge in [-0.1, -0.05) is 6.07 Å². The number of likely N-dealkylation sites (N-methyl/N-ethyl adjacent to an activating group) is 1. The largest absolute Gasteiger partial charge is 0.476 e. The fourth-order valence-corrected chi connectivity index (χ4v) is 4.54. The average molecular weight is 558 g/mol. The minimum Gasteiger partial charge on any atom is -0.476 e. The fourth-order valence-electron chi connectivity index (χ4n) is 4.54. The van der Waals surface area contributed by atoms with Crippen molar-refractivity contribution in [1.82, 2.24) is 15.3 Å². The predicted octanol–water partition coefficient (Wildman–Crippen LogP) is 5.33. The number of alkyl halides is 3. The summed E-state index contributed by atoms with van der Waals surface area (Å²) in [7, 11) is 1.65. The van der Waals surface area contributed by atoms with Gasteiger partial charge in [0.25, 0.3) is 5.91 Å². The SMILES string of the molecule is CCN(CCOC)c1cc(-c2cc(NC(=O)c3ccnc(C(F)(F)F)c3)ccc2C)cc(OCC2CCCN2)n1. The highest BCUT2D eigenvalue weighted by atomic mass is 19.4. The number of anilines is 2. The Morgan fingerprint density at radius 1 is 1.20 bits per heavy atom. The summed E-state index contributed by atoms with van der Waals surface area (Å²) in [5.41, 5.74) is 1.80. The van der Waals surface area contributed by atoms with Crippen LogP contribution in [0.2, 0.25) is 0 Å². The van der Waals surface area contributed by atoms with Crippen LogP contribution in [0.5, 0.6) is 5.88 Å². The third-order valence-electron chi connectivity index (χ3n) is 6.77. The van der Waals surface area contributed by atoms with Crippen LogP contribution < -0.4 is 20.3 Å². The Morgan fingerprint density at radius 3 is 2.73 bits per heavy atom. The lowest BCUT2D eigenvalue weighted by molar-refractivity contribution is -0.141. The maximum absolute atomic E-state index is 13.1. The zero-order chi connectivity index (χ0) is 28.7. The van der Waals surface area contributed by atoms with E-state index in [2.05, 4.69) is 20.5 Å². The van der Waals surface area contributed by atoms with E-state index in [1.54, 1.807) is 19.2 Å². The summed E-state index contributed by atoms with van der Waals surface area (Å²) in [4.78, 5) is 23.0. The van der Waals surface area contributed by atoms with Crippen molar-refractivity contribution in [2.24, 2.45) is 0 Å². The van der Waals surface area contributed by atoms with Crippen molar-refractivity contribution in [3.05, 3.63) is 65.5 Å². The highest BCUT2D eigenvalue weighted by molar-refractivity contribution is 6.04. The Kier molecular flexibility index (Phi) is 9.59. The minimum atomic E-state index is -4.64. The lowest BCUT2D eigenvalue weighted by atomic mass is 10.00. The van der Waals surface area contributed by atoms with Gasteiger partial charge in [-0.3, -0.25) is 9.78 Å². The molecule has 1 aliphatic heterocycles. The Balaban J connectivity index is 1.64. The summed E-state index contributed by atoms with van der Waals surface area (Å²) in [5, 5.41) is 6.13. The first-order chi connectivity index (χ1) is 19.2. The first-order valence-electron chi connectivity index (χ1n) is 13.3. The van der Waals surface area contributed by atoms with E-state index in [9.17, 15) is 18.0 Å². The molecule has 0 spiro atoms. The number of benzene rings is 1. The maximum atomic E-state index is 13.1. The molecule has 3 heterocycles. The van der Waals surface area contributed by atoms with Gasteiger partial charge >= 0.3 is 6.18 Å². The number of hydrogen-bond acceptors (Lipinski definition) is 7. The van der Waals surface area contributed by atoms with Gasteiger partial charge < -0.3 is 25.0 Å². The molecular formula is C29H34F3N5O3. The number of hydrogen-bond donors (Lipinski definition) is 2. The summed E-state index contributed by atoms with van der Waals surface area (Å²) in [6, 6.07) is 11.5. The lowest BCUT2D eigenvalue weighted by Gasteiger charge is -2.23. The molecule has 8 nitrogen and oxygen atoms in total. The molecule has 2 N–H and O–H groups in total. The first-order valence-corrected chi connectivity index (χ1v) is 13.3. The molecule has 1 aromatic carbocycles. The van der Waals surface area contributed by atoms with Crippen LogP contribution in [0.4, 0.5) is 24.7 Å². The van der Waals surface area contributed by atoms with Gasteiger partial charge in [-0.25, -0.2) is 0 Å². The van der Waals surface area contributed by atoms with Crippen molar-refractivity contribution >= 4 is 17.4 Å². The summed E-state index contributed by atoms with van der Waals surface area (Å²) < 4.78 is 50.6. The lowest BCUT2D eigenvalue weighted by Crippen LogP contribution is -2.29. The molecule has 214 valence electrons. The number of carbonyl (C=O) groups is 1. The third-order valence-corrected chi connectivity index (χ3v) is 6.77. The van der Waals surface area contributed by atoms with Crippen LogP contribution in [0.3, 0.4) is 0 Å². The highest BCUT2D eigenvalue weighted by Crippen LogP contribution is 2.33. The van der Waals surface area contributed by atoms with E-state index in [-0.39, 0.29) is 11.6 Å².